The van der Waals surface area contributed by atoms with Crippen molar-refractivity contribution in [3.63, 3.8) is 0 Å². The van der Waals surface area contributed by atoms with Crippen LogP contribution in [0, 0.1) is 0 Å². The monoisotopic (exact) mass is 285 g/mol. The van der Waals surface area contributed by atoms with Crippen LogP contribution in [0.4, 0.5) is 0 Å². The summed E-state index contributed by atoms with van der Waals surface area (Å²) in [6.07, 6.45) is 6.25. The minimum atomic E-state index is -4.04. The maximum atomic E-state index is 10.8. The molecule has 0 saturated heterocycles. The van der Waals surface area contributed by atoms with Crippen molar-refractivity contribution >= 4 is 16.0 Å². The van der Waals surface area contributed by atoms with Crippen molar-refractivity contribution in [2.24, 2.45) is 0 Å². The molecule has 0 radical (unpaired) electrons. The van der Waals surface area contributed by atoms with Crippen LogP contribution in [0.3, 0.4) is 0 Å². The van der Waals surface area contributed by atoms with Gasteiger partial charge in [0.05, 0.1) is 10.1 Å². The van der Waals surface area contributed by atoms with Gasteiger partial charge < -0.3 is 9.87 Å². The third kappa shape index (κ3) is 16.1. The van der Waals surface area contributed by atoms with Gasteiger partial charge in [0.2, 0.25) is 5.91 Å². The van der Waals surface area contributed by atoms with Gasteiger partial charge in [0.1, 0.15) is 0 Å². The van der Waals surface area contributed by atoms with E-state index in [1.807, 2.05) is 0 Å². The van der Waals surface area contributed by atoms with Crippen LogP contribution in [0.2, 0.25) is 0 Å². The van der Waals surface area contributed by atoms with Gasteiger partial charge in [0.15, 0.2) is 0 Å². The maximum absolute atomic E-state index is 10.8. The van der Waals surface area contributed by atoms with E-state index in [1.54, 1.807) is 0 Å². The molecule has 7 heteroatoms. The SMILES string of the molecule is C=CC(=O)NCCCCCCCCS(=O)(=O)[O-].[Na+]. The van der Waals surface area contributed by atoms with Crippen molar-refractivity contribution in [2.45, 2.75) is 38.5 Å². The van der Waals surface area contributed by atoms with Crippen molar-refractivity contribution in [3.05, 3.63) is 12.7 Å². The summed E-state index contributed by atoms with van der Waals surface area (Å²) in [6, 6.07) is 0. The Balaban J connectivity index is 0. The maximum Gasteiger partial charge on any atom is 1.00 e. The van der Waals surface area contributed by atoms with E-state index in [4.69, 9.17) is 0 Å². The number of amides is 1. The van der Waals surface area contributed by atoms with Gasteiger partial charge in [-0.3, -0.25) is 4.79 Å². The zero-order chi connectivity index (χ0) is 13.1. The normalized spacial score (nSPS) is 10.5. The Bertz CT molecular complexity index is 330. The average Bonchev–Trinajstić information content (AvgIpc) is 2.25. The fourth-order valence-electron chi connectivity index (χ4n) is 1.39. The van der Waals surface area contributed by atoms with Gasteiger partial charge in [-0.1, -0.05) is 32.3 Å². The van der Waals surface area contributed by atoms with E-state index in [-0.39, 0.29) is 41.2 Å². The average molecular weight is 285 g/mol. The van der Waals surface area contributed by atoms with Gasteiger partial charge in [-0.15, -0.1) is 0 Å². The molecule has 0 unspecified atom stereocenters. The van der Waals surface area contributed by atoms with E-state index in [9.17, 15) is 17.8 Å². The van der Waals surface area contributed by atoms with Gasteiger partial charge >= 0.3 is 29.6 Å². The molecule has 5 nitrogen and oxygen atoms in total. The Hall–Kier alpha value is 0.120. The molecule has 0 fully saturated rings. The van der Waals surface area contributed by atoms with Crippen molar-refractivity contribution in [1.82, 2.24) is 5.32 Å². The first-order valence-corrected chi connectivity index (χ1v) is 7.37. The predicted molar refractivity (Wildman–Crippen MR) is 65.5 cm³/mol. The Morgan fingerprint density at radius 3 is 2.11 bits per heavy atom. The first kappa shape index (κ1) is 20.4. The summed E-state index contributed by atoms with van der Waals surface area (Å²) in [5.41, 5.74) is 0. The van der Waals surface area contributed by atoms with Crippen LogP contribution in [0.1, 0.15) is 38.5 Å². The Labute approximate surface area is 131 Å². The molecule has 0 aliphatic rings. The zero-order valence-electron chi connectivity index (χ0n) is 11.0. The fourth-order valence-corrected chi connectivity index (χ4v) is 1.95. The summed E-state index contributed by atoms with van der Waals surface area (Å²) < 4.78 is 30.9. The summed E-state index contributed by atoms with van der Waals surface area (Å²) in [4.78, 5) is 10.8. The summed E-state index contributed by atoms with van der Waals surface area (Å²) in [6.45, 7) is 3.98. The number of carbonyl (C=O) groups is 1. The molecule has 0 atom stereocenters. The topological polar surface area (TPSA) is 86.3 Å². The van der Waals surface area contributed by atoms with E-state index in [1.165, 1.54) is 6.08 Å². The molecule has 100 valence electrons. The van der Waals surface area contributed by atoms with Crippen LogP contribution < -0.4 is 34.9 Å². The van der Waals surface area contributed by atoms with Gasteiger partial charge in [0.25, 0.3) is 0 Å². The molecular weight excluding hydrogens is 265 g/mol. The fraction of sp³-hybridized carbons (Fsp3) is 0.727. The molecule has 0 aromatic rings. The van der Waals surface area contributed by atoms with Gasteiger partial charge in [0, 0.05) is 12.3 Å². The Kier molecular flexibility index (Phi) is 13.8. The second-order valence-corrected chi connectivity index (χ2v) is 5.40. The molecule has 0 bridgehead atoms. The van der Waals surface area contributed by atoms with Crippen molar-refractivity contribution in [1.29, 1.82) is 0 Å². The zero-order valence-corrected chi connectivity index (χ0v) is 13.8. The summed E-state index contributed by atoms with van der Waals surface area (Å²) in [5.74, 6) is -0.423. The Morgan fingerprint density at radius 2 is 1.61 bits per heavy atom. The molecule has 18 heavy (non-hydrogen) atoms. The molecule has 0 aliphatic heterocycles. The van der Waals surface area contributed by atoms with Crippen molar-refractivity contribution < 1.29 is 47.3 Å². The molecule has 0 aliphatic carbocycles. The van der Waals surface area contributed by atoms with Crippen LogP contribution in [0.15, 0.2) is 12.7 Å². The summed E-state index contributed by atoms with van der Waals surface area (Å²) in [5, 5.41) is 2.68. The third-order valence-electron chi connectivity index (χ3n) is 2.31. The van der Waals surface area contributed by atoms with Crippen LogP contribution >= 0.6 is 0 Å². The number of unbranched alkanes of at least 4 members (excludes halogenated alkanes) is 5. The molecule has 0 rings (SSSR count). The minimum absolute atomic E-state index is 0. The van der Waals surface area contributed by atoms with Gasteiger partial charge in [-0.25, -0.2) is 8.42 Å². The summed E-state index contributed by atoms with van der Waals surface area (Å²) in [7, 11) is -4.04. The number of nitrogens with one attached hydrogen (secondary N) is 1. The first-order chi connectivity index (χ1) is 7.95. The molecule has 1 amide bonds. The van der Waals surface area contributed by atoms with Crippen LogP contribution in [0.5, 0.6) is 0 Å². The first-order valence-electron chi connectivity index (χ1n) is 5.79. The predicted octanol–water partition coefficient (Wildman–Crippen LogP) is -1.82. The summed E-state index contributed by atoms with van der Waals surface area (Å²) >= 11 is 0. The minimum Gasteiger partial charge on any atom is -0.748 e. The molecule has 0 aromatic carbocycles. The van der Waals surface area contributed by atoms with E-state index in [0.717, 1.165) is 32.1 Å². The smallest absolute Gasteiger partial charge is 0.748 e. The molecular formula is C11H20NNaO4S. The van der Waals surface area contributed by atoms with Gasteiger partial charge in [-0.05, 0) is 18.9 Å². The number of hydrogen-bond acceptors (Lipinski definition) is 4. The van der Waals surface area contributed by atoms with E-state index >= 15 is 0 Å². The Morgan fingerprint density at radius 1 is 1.11 bits per heavy atom. The number of rotatable bonds is 10. The van der Waals surface area contributed by atoms with Crippen molar-refractivity contribution in [3.8, 4) is 0 Å². The van der Waals surface area contributed by atoms with Gasteiger partial charge in [-0.2, -0.15) is 0 Å². The van der Waals surface area contributed by atoms with E-state index in [2.05, 4.69) is 11.9 Å². The van der Waals surface area contributed by atoms with E-state index in [0.29, 0.717) is 13.0 Å². The van der Waals surface area contributed by atoms with Crippen LogP contribution in [-0.4, -0.2) is 31.2 Å². The molecule has 0 spiro atoms. The molecule has 0 aromatic heterocycles. The number of carbonyl (C=O) groups excluding carboxylic acids is 1. The molecule has 0 saturated carbocycles. The van der Waals surface area contributed by atoms with Crippen molar-refractivity contribution in [2.75, 3.05) is 12.3 Å². The van der Waals surface area contributed by atoms with Crippen LogP contribution in [0.25, 0.3) is 0 Å². The standard InChI is InChI=1S/C11H21NO4S.Na/c1-2-11(13)12-9-7-5-3-4-6-8-10-17(14,15)16;/h2H,1,3-10H2,(H,12,13)(H,14,15,16);/q;+1/p-1. The second-order valence-electron chi connectivity index (χ2n) is 3.88. The number of hydrogen-bond donors (Lipinski definition) is 1. The van der Waals surface area contributed by atoms with E-state index < -0.39 is 10.1 Å². The van der Waals surface area contributed by atoms with Crippen LogP contribution in [-0.2, 0) is 14.9 Å². The third-order valence-corrected chi connectivity index (χ3v) is 3.09. The second kappa shape index (κ2) is 12.2. The quantitative estimate of drug-likeness (QED) is 0.222. The largest absolute Gasteiger partial charge is 1.00 e. The molecule has 0 heterocycles. The molecule has 1 N–H and O–H groups in total.